The largest absolute Gasteiger partial charge is 0.490 e. The van der Waals surface area contributed by atoms with Gasteiger partial charge in [-0.15, -0.1) is 0 Å². The van der Waals surface area contributed by atoms with Crippen molar-refractivity contribution in [2.75, 3.05) is 79.3 Å². The summed E-state index contributed by atoms with van der Waals surface area (Å²) in [6, 6.07) is 10.6. The maximum absolute atomic E-state index is 13.5. The SMILES string of the molecule is O=c1c2c3cccc2oc2cccc(c12)OCCOCCOCCOCCOCCOCCO3. The van der Waals surface area contributed by atoms with Crippen LogP contribution in [0.3, 0.4) is 0 Å². The summed E-state index contributed by atoms with van der Waals surface area (Å²) in [5.41, 5.74) is 0.699. The van der Waals surface area contributed by atoms with Crippen LogP contribution in [0.25, 0.3) is 21.9 Å². The average molecular weight is 475 g/mol. The summed E-state index contributed by atoms with van der Waals surface area (Å²) in [6.07, 6.45) is 0. The van der Waals surface area contributed by atoms with Crippen LogP contribution in [0.5, 0.6) is 11.5 Å². The van der Waals surface area contributed by atoms with Gasteiger partial charge in [-0.3, -0.25) is 4.79 Å². The molecule has 1 aliphatic heterocycles. The highest BCUT2D eigenvalue weighted by Crippen LogP contribution is 2.30. The molecule has 3 aromatic rings. The second-order valence-electron chi connectivity index (χ2n) is 7.45. The van der Waals surface area contributed by atoms with E-state index in [0.717, 1.165) is 0 Å². The van der Waals surface area contributed by atoms with Crippen molar-refractivity contribution in [1.29, 1.82) is 0 Å². The van der Waals surface area contributed by atoms with E-state index in [1.807, 2.05) is 0 Å². The first-order valence-electron chi connectivity index (χ1n) is 11.5. The fourth-order valence-electron chi connectivity index (χ4n) is 3.53. The van der Waals surface area contributed by atoms with Gasteiger partial charge in [0.15, 0.2) is 0 Å². The molecule has 4 rings (SSSR count). The highest BCUT2D eigenvalue weighted by Gasteiger charge is 2.16. The third-order valence-corrected chi connectivity index (χ3v) is 5.11. The summed E-state index contributed by atoms with van der Waals surface area (Å²) in [5.74, 6) is 0.885. The minimum absolute atomic E-state index is 0.206. The van der Waals surface area contributed by atoms with E-state index in [9.17, 15) is 4.79 Å². The first-order valence-corrected chi connectivity index (χ1v) is 11.5. The van der Waals surface area contributed by atoms with E-state index in [1.54, 1.807) is 36.4 Å². The van der Waals surface area contributed by atoms with Crippen molar-refractivity contribution in [3.05, 3.63) is 46.6 Å². The molecule has 0 amide bonds. The third kappa shape index (κ3) is 6.68. The molecule has 2 aromatic carbocycles. The Morgan fingerprint density at radius 2 is 0.824 bits per heavy atom. The summed E-state index contributed by atoms with van der Waals surface area (Å²) in [4.78, 5) is 13.5. The van der Waals surface area contributed by atoms with Gasteiger partial charge in [0.1, 0.15) is 46.7 Å². The van der Waals surface area contributed by atoms with Gasteiger partial charge >= 0.3 is 0 Å². The number of rotatable bonds is 0. The molecule has 184 valence electrons. The van der Waals surface area contributed by atoms with E-state index >= 15 is 0 Å². The van der Waals surface area contributed by atoms with Crippen LogP contribution in [0.4, 0.5) is 0 Å². The molecule has 0 spiro atoms. The minimum atomic E-state index is -0.206. The molecular weight excluding hydrogens is 444 g/mol. The Morgan fingerprint density at radius 1 is 0.471 bits per heavy atom. The van der Waals surface area contributed by atoms with E-state index in [4.69, 9.17) is 37.6 Å². The first kappa shape index (κ1) is 24.4. The normalized spacial score (nSPS) is 18.4. The van der Waals surface area contributed by atoms with Gasteiger partial charge in [0.05, 0.1) is 66.1 Å². The summed E-state index contributed by atoms with van der Waals surface area (Å²) in [5, 5.41) is 0.745. The summed E-state index contributed by atoms with van der Waals surface area (Å²) in [7, 11) is 0. The number of benzene rings is 2. The quantitative estimate of drug-likeness (QED) is 0.456. The van der Waals surface area contributed by atoms with Crippen LogP contribution in [0.2, 0.25) is 0 Å². The van der Waals surface area contributed by atoms with Crippen molar-refractivity contribution in [2.45, 2.75) is 0 Å². The van der Waals surface area contributed by atoms with E-state index in [1.165, 1.54) is 0 Å². The Hall–Kier alpha value is -2.69. The standard InChI is InChI=1S/C25H30O9/c26-25-23-19-3-1-5-21(23)34-22-6-2-4-20(24(22)25)33-18-16-31-14-12-29-10-8-27-7-9-28-11-13-30-15-17-32-19/h1-6H,7-18H2. The van der Waals surface area contributed by atoms with Crippen molar-refractivity contribution in [1.82, 2.24) is 0 Å². The average Bonchev–Trinajstić information content (AvgIpc) is 2.84. The Labute approximate surface area is 197 Å². The number of ether oxygens (including phenoxy) is 7. The molecule has 2 heterocycles. The number of hydrogen-bond donors (Lipinski definition) is 0. The van der Waals surface area contributed by atoms with Gasteiger partial charge in [-0.2, -0.15) is 0 Å². The molecule has 1 aromatic heterocycles. The van der Waals surface area contributed by atoms with Gasteiger partial charge in [-0.25, -0.2) is 0 Å². The van der Waals surface area contributed by atoms with Crippen molar-refractivity contribution >= 4 is 21.9 Å². The molecule has 0 N–H and O–H groups in total. The van der Waals surface area contributed by atoms with E-state index in [0.29, 0.717) is 99.5 Å². The zero-order chi connectivity index (χ0) is 23.4. The molecule has 0 saturated heterocycles. The highest BCUT2D eigenvalue weighted by molar-refractivity contribution is 5.95. The molecular formula is C25H30O9. The van der Waals surface area contributed by atoms with Crippen molar-refractivity contribution < 1.29 is 37.6 Å². The molecule has 0 fully saturated rings. The molecule has 0 saturated carbocycles. The Bertz CT molecular complexity index is 1010. The van der Waals surface area contributed by atoms with Crippen molar-refractivity contribution in [3.63, 3.8) is 0 Å². The van der Waals surface area contributed by atoms with E-state index in [2.05, 4.69) is 0 Å². The Balaban J connectivity index is 1.50. The third-order valence-electron chi connectivity index (χ3n) is 5.11. The lowest BCUT2D eigenvalue weighted by Gasteiger charge is -2.12. The second-order valence-corrected chi connectivity index (χ2v) is 7.45. The predicted molar refractivity (Wildman–Crippen MR) is 125 cm³/mol. The minimum Gasteiger partial charge on any atom is -0.490 e. The maximum atomic E-state index is 13.5. The van der Waals surface area contributed by atoms with Gasteiger partial charge in [-0.1, -0.05) is 12.1 Å². The second kappa shape index (κ2) is 13.3. The molecule has 0 radical (unpaired) electrons. The predicted octanol–water partition coefficient (Wildman–Crippen LogP) is 2.80. The Morgan fingerprint density at radius 3 is 1.21 bits per heavy atom. The monoisotopic (exact) mass is 474 g/mol. The fraction of sp³-hybridized carbons (Fsp3) is 0.480. The van der Waals surface area contributed by atoms with Gasteiger partial charge in [-0.05, 0) is 24.3 Å². The van der Waals surface area contributed by atoms with Crippen LogP contribution in [0, 0.1) is 0 Å². The lowest BCUT2D eigenvalue weighted by Crippen LogP contribution is -2.16. The molecule has 2 bridgehead atoms. The molecule has 9 heteroatoms. The molecule has 9 nitrogen and oxygen atoms in total. The first-order chi connectivity index (χ1) is 16.8. The van der Waals surface area contributed by atoms with E-state index in [-0.39, 0.29) is 18.6 Å². The lowest BCUT2D eigenvalue weighted by atomic mass is 10.1. The molecule has 0 unspecified atom stereocenters. The highest BCUT2D eigenvalue weighted by atomic mass is 16.6. The van der Waals surface area contributed by atoms with Crippen LogP contribution in [0.15, 0.2) is 45.6 Å². The zero-order valence-corrected chi connectivity index (χ0v) is 19.1. The maximum Gasteiger partial charge on any atom is 0.208 e. The summed E-state index contributed by atoms with van der Waals surface area (Å²) < 4.78 is 45.2. The van der Waals surface area contributed by atoms with Gasteiger partial charge < -0.3 is 37.6 Å². The zero-order valence-electron chi connectivity index (χ0n) is 19.1. The van der Waals surface area contributed by atoms with Crippen LogP contribution >= 0.6 is 0 Å². The van der Waals surface area contributed by atoms with Gasteiger partial charge in [0.2, 0.25) is 5.43 Å². The molecule has 0 aliphatic carbocycles. The fourth-order valence-corrected chi connectivity index (χ4v) is 3.53. The van der Waals surface area contributed by atoms with Crippen LogP contribution in [-0.2, 0) is 23.7 Å². The molecule has 0 atom stereocenters. The van der Waals surface area contributed by atoms with Crippen molar-refractivity contribution in [2.24, 2.45) is 0 Å². The lowest BCUT2D eigenvalue weighted by molar-refractivity contribution is -0.0141. The molecule has 1 aliphatic rings. The summed E-state index contributed by atoms with van der Waals surface area (Å²) >= 11 is 0. The van der Waals surface area contributed by atoms with Crippen LogP contribution < -0.4 is 14.9 Å². The van der Waals surface area contributed by atoms with Gasteiger partial charge in [0, 0.05) is 0 Å². The Kier molecular flexibility index (Phi) is 9.53. The van der Waals surface area contributed by atoms with Crippen LogP contribution in [0.1, 0.15) is 0 Å². The number of hydrogen-bond acceptors (Lipinski definition) is 9. The van der Waals surface area contributed by atoms with Crippen LogP contribution in [-0.4, -0.2) is 79.3 Å². The summed E-state index contributed by atoms with van der Waals surface area (Å²) in [6.45, 7) is 5.08. The smallest absolute Gasteiger partial charge is 0.208 e. The van der Waals surface area contributed by atoms with E-state index < -0.39 is 0 Å². The topological polar surface area (TPSA) is 94.8 Å². The molecule has 34 heavy (non-hydrogen) atoms. The van der Waals surface area contributed by atoms with Crippen molar-refractivity contribution in [3.8, 4) is 11.5 Å². The van der Waals surface area contributed by atoms with Gasteiger partial charge in [0.25, 0.3) is 0 Å².